The summed E-state index contributed by atoms with van der Waals surface area (Å²) in [6.07, 6.45) is 2.35. The lowest BCUT2D eigenvalue weighted by Crippen LogP contribution is -2.36. The zero-order valence-electron chi connectivity index (χ0n) is 18.3. The third-order valence-corrected chi connectivity index (χ3v) is 5.85. The molecule has 1 aliphatic heterocycles. The second-order valence-electron chi connectivity index (χ2n) is 8.43. The van der Waals surface area contributed by atoms with Crippen molar-refractivity contribution in [1.29, 1.82) is 0 Å². The molecule has 2 aromatic carbocycles. The second kappa shape index (κ2) is 7.58. The van der Waals surface area contributed by atoms with Gasteiger partial charge in [0.2, 0.25) is 6.67 Å². The minimum Gasteiger partial charge on any atom is -0.336 e. The molecule has 0 N–H and O–H groups in total. The molecule has 2 radical (unpaired) electrons. The van der Waals surface area contributed by atoms with Gasteiger partial charge < -0.3 is 9.80 Å². The Morgan fingerprint density at radius 3 is 1.56 bits per heavy atom. The van der Waals surface area contributed by atoms with Crippen LogP contribution >= 0.6 is 0 Å². The molecule has 27 heavy (non-hydrogen) atoms. The summed E-state index contributed by atoms with van der Waals surface area (Å²) in [6, 6.07) is 10.00. The molecule has 1 aliphatic rings. The first kappa shape index (κ1) is 19.8. The molecular weight excluding hydrogens is 328 g/mol. The molecule has 0 aromatic heterocycles. The van der Waals surface area contributed by atoms with Crippen molar-refractivity contribution in [2.24, 2.45) is 0 Å². The van der Waals surface area contributed by atoms with Gasteiger partial charge in [0.1, 0.15) is 0 Å². The lowest BCUT2D eigenvalue weighted by atomic mass is 9.99. The minimum absolute atomic E-state index is 0.394. The van der Waals surface area contributed by atoms with Gasteiger partial charge >= 0.3 is 0 Å². The minimum atomic E-state index is 0.394. The van der Waals surface area contributed by atoms with Crippen LogP contribution in [0.25, 0.3) is 0 Å². The molecule has 2 unspecified atom stereocenters. The number of rotatable bonds is 4. The van der Waals surface area contributed by atoms with Crippen molar-refractivity contribution in [3.63, 3.8) is 0 Å². The molecule has 3 rings (SSSR count). The molecule has 2 atom stereocenters. The van der Waals surface area contributed by atoms with Gasteiger partial charge in [-0.25, -0.2) is 0 Å². The molecule has 0 bridgehead atoms. The van der Waals surface area contributed by atoms with Gasteiger partial charge in [-0.15, -0.1) is 0 Å². The lowest BCUT2D eigenvalue weighted by molar-refractivity contribution is 0.549. The normalized spacial score (nSPS) is 19.9. The van der Waals surface area contributed by atoms with Crippen LogP contribution in [0.1, 0.15) is 60.1 Å². The number of hydrogen-bond acceptors (Lipinski definition) is 2. The monoisotopic (exact) mass is 362 g/mol. The van der Waals surface area contributed by atoms with Crippen LogP contribution in [0.2, 0.25) is 0 Å². The molecule has 1 saturated heterocycles. The second-order valence-corrected chi connectivity index (χ2v) is 8.43. The highest BCUT2D eigenvalue weighted by molar-refractivity contribution is 5.70. The summed E-state index contributed by atoms with van der Waals surface area (Å²) in [4.78, 5) is 4.82. The van der Waals surface area contributed by atoms with Crippen LogP contribution in [-0.4, -0.2) is 12.1 Å². The molecule has 1 fully saturated rings. The summed E-state index contributed by atoms with van der Waals surface area (Å²) >= 11 is 0. The van der Waals surface area contributed by atoms with E-state index in [2.05, 4.69) is 96.1 Å². The van der Waals surface area contributed by atoms with Crippen molar-refractivity contribution < 1.29 is 0 Å². The van der Waals surface area contributed by atoms with E-state index in [0.29, 0.717) is 12.1 Å². The maximum Gasteiger partial charge on any atom is 0.209 e. The van der Waals surface area contributed by atoms with E-state index in [-0.39, 0.29) is 0 Å². The smallest absolute Gasteiger partial charge is 0.209 e. The van der Waals surface area contributed by atoms with E-state index in [1.54, 1.807) is 0 Å². The Morgan fingerprint density at radius 2 is 1.15 bits per heavy atom. The standard InChI is InChI=1S/C25H34N2/c1-9-10-23-22(8)26(24-18(4)11-16(2)12-19(24)5)15-27(23)25-20(6)13-17(3)14-21(25)7/h11-14,22-23H,9-10H2,1-8H3. The number of benzene rings is 2. The van der Waals surface area contributed by atoms with E-state index in [1.165, 1.54) is 57.6 Å². The van der Waals surface area contributed by atoms with Gasteiger partial charge in [0.15, 0.2) is 0 Å². The molecule has 1 heterocycles. The molecule has 0 amide bonds. The number of anilines is 2. The predicted octanol–water partition coefficient (Wildman–Crippen LogP) is 6.42. The van der Waals surface area contributed by atoms with E-state index in [9.17, 15) is 0 Å². The van der Waals surface area contributed by atoms with Gasteiger partial charge in [0.05, 0.1) is 6.04 Å². The fourth-order valence-electron chi connectivity index (χ4n) is 4.91. The largest absolute Gasteiger partial charge is 0.336 e. The van der Waals surface area contributed by atoms with Crippen LogP contribution in [0, 0.1) is 48.2 Å². The molecule has 0 aliphatic carbocycles. The SMILES string of the molecule is CCCC1C(C)N(c2c(C)cc(C)cc2C)[C]N1c1c(C)cc(C)cc1C. The average molecular weight is 363 g/mol. The van der Waals surface area contributed by atoms with Crippen molar-refractivity contribution in [3.8, 4) is 0 Å². The summed E-state index contributed by atoms with van der Waals surface area (Å²) in [5.41, 5.74) is 10.7. The third kappa shape index (κ3) is 3.59. The molecule has 0 saturated carbocycles. The molecule has 144 valence electrons. The number of hydrogen-bond donors (Lipinski definition) is 0. The third-order valence-electron chi connectivity index (χ3n) is 5.85. The van der Waals surface area contributed by atoms with Crippen LogP contribution in [0.4, 0.5) is 11.4 Å². The van der Waals surface area contributed by atoms with Crippen LogP contribution in [0.5, 0.6) is 0 Å². The van der Waals surface area contributed by atoms with E-state index in [0.717, 1.165) is 0 Å². The summed E-state index contributed by atoms with van der Waals surface area (Å²) in [7, 11) is 0. The number of aryl methyl sites for hydroxylation is 6. The van der Waals surface area contributed by atoms with Gasteiger partial charge in [0, 0.05) is 17.4 Å². The fourth-order valence-corrected chi connectivity index (χ4v) is 4.91. The summed E-state index contributed by atoms with van der Waals surface area (Å²) in [5.74, 6) is 0. The average Bonchev–Trinajstić information content (AvgIpc) is 2.83. The van der Waals surface area contributed by atoms with Crippen LogP contribution in [-0.2, 0) is 0 Å². The quantitative estimate of drug-likeness (QED) is 0.619. The number of nitrogens with zero attached hydrogens (tertiary/aromatic N) is 2. The van der Waals surface area contributed by atoms with E-state index >= 15 is 0 Å². The zero-order chi connectivity index (χ0) is 19.9. The first-order valence-electron chi connectivity index (χ1n) is 10.2. The van der Waals surface area contributed by atoms with Crippen LogP contribution < -0.4 is 9.80 Å². The van der Waals surface area contributed by atoms with Crippen LogP contribution in [0.3, 0.4) is 0 Å². The highest BCUT2D eigenvalue weighted by atomic mass is 15.4. The first-order chi connectivity index (χ1) is 12.7. The van der Waals surface area contributed by atoms with E-state index < -0.39 is 0 Å². The Bertz CT molecular complexity index is 790. The summed E-state index contributed by atoms with van der Waals surface area (Å²) < 4.78 is 0. The fraction of sp³-hybridized carbons (Fsp3) is 0.480. The highest BCUT2D eigenvalue weighted by Crippen LogP contribution is 2.41. The van der Waals surface area contributed by atoms with Gasteiger partial charge in [-0.3, -0.25) is 0 Å². The summed E-state index contributed by atoms with van der Waals surface area (Å²) in [6.45, 7) is 21.7. The molecular formula is C25H34N2. The zero-order valence-corrected chi connectivity index (χ0v) is 18.3. The van der Waals surface area contributed by atoms with Crippen molar-refractivity contribution in [1.82, 2.24) is 0 Å². The maximum atomic E-state index is 3.78. The first-order valence-corrected chi connectivity index (χ1v) is 10.2. The Hall–Kier alpha value is -1.96. The Balaban J connectivity index is 2.07. The van der Waals surface area contributed by atoms with E-state index in [4.69, 9.17) is 0 Å². The van der Waals surface area contributed by atoms with Gasteiger partial charge in [0.25, 0.3) is 0 Å². The van der Waals surface area contributed by atoms with E-state index in [1.807, 2.05) is 0 Å². The molecule has 0 spiro atoms. The topological polar surface area (TPSA) is 6.48 Å². The Labute approximate surface area is 166 Å². The lowest BCUT2D eigenvalue weighted by Gasteiger charge is -2.29. The van der Waals surface area contributed by atoms with Crippen molar-refractivity contribution in [3.05, 3.63) is 64.3 Å². The maximum absolute atomic E-state index is 3.78. The summed E-state index contributed by atoms with van der Waals surface area (Å²) in [5, 5.41) is 0. The Kier molecular flexibility index (Phi) is 5.55. The predicted molar refractivity (Wildman–Crippen MR) is 118 cm³/mol. The van der Waals surface area contributed by atoms with Gasteiger partial charge in [-0.05, 0) is 77.1 Å². The highest BCUT2D eigenvalue weighted by Gasteiger charge is 2.40. The molecule has 2 nitrogen and oxygen atoms in total. The van der Waals surface area contributed by atoms with Crippen molar-refractivity contribution in [2.75, 3.05) is 9.80 Å². The van der Waals surface area contributed by atoms with Crippen molar-refractivity contribution in [2.45, 2.75) is 80.3 Å². The molecule has 2 heteroatoms. The Morgan fingerprint density at radius 1 is 0.741 bits per heavy atom. The molecule has 2 aromatic rings. The van der Waals surface area contributed by atoms with Crippen molar-refractivity contribution >= 4 is 11.4 Å². The van der Waals surface area contributed by atoms with Gasteiger partial charge in [-0.2, -0.15) is 0 Å². The van der Waals surface area contributed by atoms with Gasteiger partial charge in [-0.1, -0.05) is 48.7 Å². The van der Waals surface area contributed by atoms with Crippen LogP contribution in [0.15, 0.2) is 24.3 Å².